The molecule has 1 atom stereocenters. The zero-order valence-electron chi connectivity index (χ0n) is 11.9. The van der Waals surface area contributed by atoms with Crippen LogP contribution in [0, 0.1) is 0 Å². The number of amides is 2. The number of anilines is 1. The molecule has 3 N–H and O–H groups in total. The molecule has 108 valence electrons. The third-order valence-corrected chi connectivity index (χ3v) is 3.62. The maximum absolute atomic E-state index is 12.7. The number of nitrogens with one attached hydrogen (secondary N) is 1. The third-order valence-electron chi connectivity index (χ3n) is 3.62. The smallest absolute Gasteiger partial charge is 0.237 e. The van der Waals surface area contributed by atoms with Gasteiger partial charge in [-0.3, -0.25) is 9.59 Å². The summed E-state index contributed by atoms with van der Waals surface area (Å²) in [6, 6.07) is 7.77. The number of nitrogens with zero attached hydrogens (tertiary/aromatic N) is 1. The second-order valence-electron chi connectivity index (χ2n) is 5.38. The summed E-state index contributed by atoms with van der Waals surface area (Å²) in [5, 5.41) is 3.29. The van der Waals surface area contributed by atoms with E-state index in [9.17, 15) is 9.59 Å². The van der Waals surface area contributed by atoms with E-state index in [2.05, 4.69) is 5.32 Å². The molecule has 0 bridgehead atoms. The minimum atomic E-state index is -0.478. The summed E-state index contributed by atoms with van der Waals surface area (Å²) in [7, 11) is 0. The van der Waals surface area contributed by atoms with Crippen molar-refractivity contribution >= 4 is 17.5 Å². The van der Waals surface area contributed by atoms with E-state index < -0.39 is 5.91 Å². The Kier molecular flexibility index (Phi) is 4.27. The molecule has 0 saturated heterocycles. The number of carbonyl (C=O) groups excluding carboxylic acids is 2. The topological polar surface area (TPSA) is 75.4 Å². The van der Waals surface area contributed by atoms with Crippen molar-refractivity contribution in [3.63, 3.8) is 0 Å². The number of carbonyl (C=O) groups is 2. The first-order valence-corrected chi connectivity index (χ1v) is 6.92. The fourth-order valence-electron chi connectivity index (χ4n) is 2.61. The first-order valence-electron chi connectivity index (χ1n) is 6.92. The predicted octanol–water partition coefficient (Wildman–Crippen LogP) is 1.31. The SMILES string of the molecule is CC(C)N(CC(N)=O)C(=O)C1CCNc2ccccc21. The molecule has 2 amide bonds. The maximum atomic E-state index is 12.7. The Bertz CT molecular complexity index is 514. The van der Waals surface area contributed by atoms with Crippen LogP contribution >= 0.6 is 0 Å². The van der Waals surface area contributed by atoms with Crippen LogP contribution in [0.4, 0.5) is 5.69 Å². The molecule has 5 heteroatoms. The van der Waals surface area contributed by atoms with Crippen LogP contribution in [0.1, 0.15) is 31.7 Å². The molecular formula is C15H21N3O2. The van der Waals surface area contributed by atoms with Gasteiger partial charge in [0.25, 0.3) is 0 Å². The monoisotopic (exact) mass is 275 g/mol. The van der Waals surface area contributed by atoms with Crippen molar-refractivity contribution in [2.45, 2.75) is 32.2 Å². The van der Waals surface area contributed by atoms with E-state index in [1.807, 2.05) is 38.1 Å². The van der Waals surface area contributed by atoms with E-state index in [0.29, 0.717) is 0 Å². The van der Waals surface area contributed by atoms with Gasteiger partial charge < -0.3 is 16.0 Å². The summed E-state index contributed by atoms with van der Waals surface area (Å²) < 4.78 is 0. The summed E-state index contributed by atoms with van der Waals surface area (Å²) in [5.41, 5.74) is 7.25. The predicted molar refractivity (Wildman–Crippen MR) is 78.3 cm³/mol. The standard InChI is InChI=1S/C15H21N3O2/c1-10(2)18(9-14(16)19)15(20)12-7-8-17-13-6-4-3-5-11(12)13/h3-6,10,12,17H,7-9H2,1-2H3,(H2,16,19). The first kappa shape index (κ1) is 14.4. The fraction of sp³-hybridized carbons (Fsp3) is 0.467. The lowest BCUT2D eigenvalue weighted by atomic mass is 9.89. The van der Waals surface area contributed by atoms with Crippen molar-refractivity contribution in [3.05, 3.63) is 29.8 Å². The lowest BCUT2D eigenvalue weighted by Gasteiger charge is -2.33. The van der Waals surface area contributed by atoms with Gasteiger partial charge in [-0.25, -0.2) is 0 Å². The Labute approximate surface area is 119 Å². The average Bonchev–Trinajstić information content (AvgIpc) is 2.43. The van der Waals surface area contributed by atoms with Gasteiger partial charge in [-0.1, -0.05) is 18.2 Å². The maximum Gasteiger partial charge on any atom is 0.237 e. The second-order valence-corrected chi connectivity index (χ2v) is 5.38. The second kappa shape index (κ2) is 5.94. The van der Waals surface area contributed by atoms with Crippen LogP contribution in [-0.4, -0.2) is 35.8 Å². The molecule has 0 fully saturated rings. The molecule has 0 aliphatic carbocycles. The highest BCUT2D eigenvalue weighted by Crippen LogP contribution is 2.32. The highest BCUT2D eigenvalue weighted by Gasteiger charge is 2.31. The van der Waals surface area contributed by atoms with Crippen molar-refractivity contribution in [1.82, 2.24) is 4.90 Å². The van der Waals surface area contributed by atoms with E-state index >= 15 is 0 Å². The minimum absolute atomic E-state index is 0.0206. The molecule has 1 aliphatic rings. The van der Waals surface area contributed by atoms with Gasteiger partial charge in [-0.15, -0.1) is 0 Å². The summed E-state index contributed by atoms with van der Waals surface area (Å²) in [4.78, 5) is 25.5. The van der Waals surface area contributed by atoms with Crippen LogP contribution in [0.5, 0.6) is 0 Å². The molecule has 0 aromatic heterocycles. The Morgan fingerprint density at radius 3 is 2.75 bits per heavy atom. The normalized spacial score (nSPS) is 17.2. The summed E-state index contributed by atoms with van der Waals surface area (Å²) >= 11 is 0. The van der Waals surface area contributed by atoms with Crippen LogP contribution in [-0.2, 0) is 9.59 Å². The Balaban J connectivity index is 2.26. The molecule has 0 spiro atoms. The molecule has 0 radical (unpaired) electrons. The van der Waals surface area contributed by atoms with Crippen LogP contribution in [0.15, 0.2) is 24.3 Å². The van der Waals surface area contributed by atoms with Crippen molar-refractivity contribution in [2.24, 2.45) is 5.73 Å². The van der Waals surface area contributed by atoms with Gasteiger partial charge in [0, 0.05) is 18.3 Å². The number of rotatable bonds is 4. The van der Waals surface area contributed by atoms with Gasteiger partial charge in [0.15, 0.2) is 0 Å². The summed E-state index contributed by atoms with van der Waals surface area (Å²) in [5.74, 6) is -0.698. The van der Waals surface area contributed by atoms with Gasteiger partial charge in [0.2, 0.25) is 11.8 Å². The molecule has 5 nitrogen and oxygen atoms in total. The molecule has 1 aromatic rings. The highest BCUT2D eigenvalue weighted by molar-refractivity contribution is 5.90. The molecule has 1 heterocycles. The van der Waals surface area contributed by atoms with E-state index in [1.54, 1.807) is 4.90 Å². The average molecular weight is 275 g/mol. The number of nitrogens with two attached hydrogens (primary N) is 1. The molecule has 2 rings (SSSR count). The molecule has 1 aliphatic heterocycles. The molecule has 0 saturated carbocycles. The lowest BCUT2D eigenvalue weighted by Crippen LogP contribution is -2.45. The van der Waals surface area contributed by atoms with E-state index in [-0.39, 0.29) is 24.4 Å². The van der Waals surface area contributed by atoms with Gasteiger partial charge in [-0.05, 0) is 31.9 Å². The Morgan fingerprint density at radius 1 is 1.40 bits per heavy atom. The van der Waals surface area contributed by atoms with Crippen LogP contribution in [0.2, 0.25) is 0 Å². The number of para-hydroxylation sites is 1. The third kappa shape index (κ3) is 2.92. The van der Waals surface area contributed by atoms with Gasteiger partial charge in [0.1, 0.15) is 0 Å². The fourth-order valence-corrected chi connectivity index (χ4v) is 2.61. The highest BCUT2D eigenvalue weighted by atomic mass is 16.2. The number of primary amides is 1. The van der Waals surface area contributed by atoms with Crippen LogP contribution < -0.4 is 11.1 Å². The van der Waals surface area contributed by atoms with Gasteiger partial charge in [-0.2, -0.15) is 0 Å². The van der Waals surface area contributed by atoms with Crippen LogP contribution in [0.3, 0.4) is 0 Å². The van der Waals surface area contributed by atoms with Crippen molar-refractivity contribution in [1.29, 1.82) is 0 Å². The molecule has 20 heavy (non-hydrogen) atoms. The van der Waals surface area contributed by atoms with Crippen molar-refractivity contribution < 1.29 is 9.59 Å². The molecule has 1 unspecified atom stereocenters. The Morgan fingerprint density at radius 2 is 2.10 bits per heavy atom. The Hall–Kier alpha value is -2.04. The minimum Gasteiger partial charge on any atom is -0.385 e. The first-order chi connectivity index (χ1) is 9.50. The quantitative estimate of drug-likeness (QED) is 0.870. The van der Waals surface area contributed by atoms with E-state index in [1.165, 1.54) is 0 Å². The number of fused-ring (bicyclic) bond motifs is 1. The summed E-state index contributed by atoms with van der Waals surface area (Å²) in [6.07, 6.45) is 0.734. The van der Waals surface area contributed by atoms with E-state index in [4.69, 9.17) is 5.73 Å². The number of hydrogen-bond acceptors (Lipinski definition) is 3. The van der Waals surface area contributed by atoms with E-state index in [0.717, 1.165) is 24.2 Å². The molecule has 1 aromatic carbocycles. The largest absolute Gasteiger partial charge is 0.385 e. The van der Waals surface area contributed by atoms with Gasteiger partial charge >= 0.3 is 0 Å². The molecular weight excluding hydrogens is 254 g/mol. The van der Waals surface area contributed by atoms with Crippen molar-refractivity contribution in [2.75, 3.05) is 18.4 Å². The number of benzene rings is 1. The van der Waals surface area contributed by atoms with Crippen molar-refractivity contribution in [3.8, 4) is 0 Å². The van der Waals surface area contributed by atoms with Gasteiger partial charge in [0.05, 0.1) is 12.5 Å². The lowest BCUT2D eigenvalue weighted by molar-refractivity contribution is -0.138. The zero-order valence-corrected chi connectivity index (χ0v) is 11.9. The van der Waals surface area contributed by atoms with Crippen LogP contribution in [0.25, 0.3) is 0 Å². The summed E-state index contributed by atoms with van der Waals surface area (Å²) in [6.45, 7) is 4.53. The number of hydrogen-bond donors (Lipinski definition) is 2. The zero-order chi connectivity index (χ0) is 14.7.